The first-order valence-corrected chi connectivity index (χ1v) is 12.2. The second-order valence-corrected chi connectivity index (χ2v) is 9.00. The number of fused-ring (bicyclic) bond motifs is 1. The van der Waals surface area contributed by atoms with Crippen LogP contribution in [0.3, 0.4) is 0 Å². The monoisotopic (exact) mass is 446 g/mol. The zero-order valence-electron chi connectivity index (χ0n) is 19.7. The van der Waals surface area contributed by atoms with Crippen molar-refractivity contribution in [1.29, 1.82) is 0 Å². The number of amides is 1. The van der Waals surface area contributed by atoms with Gasteiger partial charge in [-0.3, -0.25) is 9.59 Å². The summed E-state index contributed by atoms with van der Waals surface area (Å²) in [5.74, 6) is -0.143. The fourth-order valence-electron chi connectivity index (χ4n) is 4.95. The molecule has 1 amide bonds. The Balaban J connectivity index is 1.48. The van der Waals surface area contributed by atoms with Gasteiger partial charge in [-0.15, -0.1) is 0 Å². The molecule has 1 aliphatic heterocycles. The highest BCUT2D eigenvalue weighted by Gasteiger charge is 2.32. The molecule has 0 radical (unpaired) electrons. The molecule has 3 aromatic rings. The van der Waals surface area contributed by atoms with Crippen LogP contribution < -0.4 is 0 Å². The van der Waals surface area contributed by atoms with Gasteiger partial charge in [0.25, 0.3) is 5.91 Å². The molecule has 1 fully saturated rings. The Kier molecular flexibility index (Phi) is 7.48. The second kappa shape index (κ2) is 10.7. The zero-order valence-corrected chi connectivity index (χ0v) is 19.7. The van der Waals surface area contributed by atoms with E-state index in [4.69, 9.17) is 4.74 Å². The SMILES string of the molecule is CCCCCn1cc(C2CCN(C(=O)[C@H](OC(C)=O)c3ccccc3)CC2)c2ccccc21. The number of aryl methyl sites for hydroxylation is 1. The summed E-state index contributed by atoms with van der Waals surface area (Å²) in [4.78, 5) is 26.8. The lowest BCUT2D eigenvalue weighted by Crippen LogP contribution is -2.41. The highest BCUT2D eigenvalue weighted by Crippen LogP contribution is 2.35. The third-order valence-electron chi connectivity index (χ3n) is 6.68. The minimum Gasteiger partial charge on any atom is -0.447 e. The van der Waals surface area contributed by atoms with Crippen LogP contribution in [0.1, 0.15) is 69.1 Å². The first-order chi connectivity index (χ1) is 16.1. The minimum atomic E-state index is -0.874. The van der Waals surface area contributed by atoms with Crippen molar-refractivity contribution in [2.45, 2.75) is 64.5 Å². The van der Waals surface area contributed by atoms with Crippen LogP contribution in [0.5, 0.6) is 0 Å². The first kappa shape index (κ1) is 23.1. The molecule has 0 N–H and O–H groups in total. The van der Waals surface area contributed by atoms with Crippen LogP contribution in [0.15, 0.2) is 60.8 Å². The maximum absolute atomic E-state index is 13.3. The Bertz CT molecular complexity index is 1080. The van der Waals surface area contributed by atoms with Gasteiger partial charge >= 0.3 is 5.97 Å². The van der Waals surface area contributed by atoms with E-state index in [1.54, 1.807) is 0 Å². The van der Waals surface area contributed by atoms with E-state index in [1.807, 2.05) is 35.2 Å². The molecule has 1 aliphatic rings. The zero-order chi connectivity index (χ0) is 23.2. The first-order valence-electron chi connectivity index (χ1n) is 12.2. The Hall–Kier alpha value is -3.08. The lowest BCUT2D eigenvalue weighted by molar-refractivity contribution is -0.159. The van der Waals surface area contributed by atoms with Crippen molar-refractivity contribution in [1.82, 2.24) is 9.47 Å². The number of carbonyl (C=O) groups is 2. The molecule has 2 heterocycles. The van der Waals surface area contributed by atoms with Gasteiger partial charge in [0.1, 0.15) is 0 Å². The molecule has 1 saturated heterocycles. The molecular formula is C28H34N2O3. The predicted octanol–water partition coefficient (Wildman–Crippen LogP) is 5.84. The number of hydrogen-bond donors (Lipinski definition) is 0. The van der Waals surface area contributed by atoms with Gasteiger partial charge in [0.15, 0.2) is 0 Å². The molecule has 4 rings (SSSR count). The van der Waals surface area contributed by atoms with Crippen LogP contribution in [0.2, 0.25) is 0 Å². The number of hydrogen-bond acceptors (Lipinski definition) is 3. The van der Waals surface area contributed by atoms with Crippen molar-refractivity contribution in [2.75, 3.05) is 13.1 Å². The lowest BCUT2D eigenvalue weighted by atomic mass is 9.89. The smallest absolute Gasteiger partial charge is 0.303 e. The minimum absolute atomic E-state index is 0.128. The van der Waals surface area contributed by atoms with E-state index in [0.717, 1.165) is 24.9 Å². The van der Waals surface area contributed by atoms with Crippen molar-refractivity contribution in [3.05, 3.63) is 71.9 Å². The third-order valence-corrected chi connectivity index (χ3v) is 6.68. The van der Waals surface area contributed by atoms with E-state index in [-0.39, 0.29) is 5.91 Å². The van der Waals surface area contributed by atoms with Gasteiger partial charge < -0.3 is 14.2 Å². The summed E-state index contributed by atoms with van der Waals surface area (Å²) in [6, 6.07) is 18.0. The van der Waals surface area contributed by atoms with E-state index >= 15 is 0 Å². The predicted molar refractivity (Wildman–Crippen MR) is 131 cm³/mol. The summed E-state index contributed by atoms with van der Waals surface area (Å²) in [6.07, 6.45) is 6.95. The number of rotatable bonds is 8. The van der Waals surface area contributed by atoms with Crippen molar-refractivity contribution in [2.24, 2.45) is 0 Å². The average Bonchev–Trinajstić information content (AvgIpc) is 3.21. The number of esters is 1. The molecule has 1 aromatic heterocycles. The number of likely N-dealkylation sites (tertiary alicyclic amines) is 1. The van der Waals surface area contributed by atoms with E-state index in [9.17, 15) is 9.59 Å². The van der Waals surface area contributed by atoms with Crippen LogP contribution >= 0.6 is 0 Å². The molecule has 0 spiro atoms. The molecule has 5 heteroatoms. The van der Waals surface area contributed by atoms with Gasteiger partial charge in [-0.1, -0.05) is 68.3 Å². The van der Waals surface area contributed by atoms with Crippen LogP contribution in [-0.4, -0.2) is 34.4 Å². The summed E-state index contributed by atoms with van der Waals surface area (Å²) in [5.41, 5.74) is 3.42. The molecule has 174 valence electrons. The number of para-hydroxylation sites is 1. The summed E-state index contributed by atoms with van der Waals surface area (Å²) >= 11 is 0. The largest absolute Gasteiger partial charge is 0.447 e. The van der Waals surface area contributed by atoms with Gasteiger partial charge in [-0.2, -0.15) is 0 Å². The van der Waals surface area contributed by atoms with Crippen LogP contribution in [-0.2, 0) is 20.9 Å². The van der Waals surface area contributed by atoms with E-state index in [1.165, 1.54) is 42.7 Å². The van der Waals surface area contributed by atoms with Gasteiger partial charge in [0.2, 0.25) is 6.10 Å². The van der Waals surface area contributed by atoms with Crippen molar-refractivity contribution >= 4 is 22.8 Å². The highest BCUT2D eigenvalue weighted by molar-refractivity contribution is 5.86. The number of nitrogens with zero attached hydrogens (tertiary/aromatic N) is 2. The third kappa shape index (κ3) is 5.29. The molecule has 0 unspecified atom stereocenters. The average molecular weight is 447 g/mol. The summed E-state index contributed by atoms with van der Waals surface area (Å²) in [5, 5.41) is 1.33. The summed E-state index contributed by atoms with van der Waals surface area (Å²) < 4.78 is 7.84. The van der Waals surface area contributed by atoms with E-state index < -0.39 is 12.1 Å². The molecule has 2 aromatic carbocycles. The van der Waals surface area contributed by atoms with Crippen LogP contribution in [0.4, 0.5) is 0 Å². The van der Waals surface area contributed by atoms with Gasteiger partial charge in [0, 0.05) is 49.2 Å². The summed E-state index contributed by atoms with van der Waals surface area (Å²) in [6.45, 7) is 5.98. The van der Waals surface area contributed by atoms with E-state index in [0.29, 0.717) is 19.0 Å². The van der Waals surface area contributed by atoms with Crippen molar-refractivity contribution in [3.8, 4) is 0 Å². The number of ether oxygens (including phenoxy) is 1. The quantitative estimate of drug-likeness (QED) is 0.323. The van der Waals surface area contributed by atoms with Crippen LogP contribution in [0, 0.1) is 0 Å². The normalized spacial score (nSPS) is 15.5. The van der Waals surface area contributed by atoms with Gasteiger partial charge in [0.05, 0.1) is 0 Å². The van der Waals surface area contributed by atoms with Crippen molar-refractivity contribution in [3.63, 3.8) is 0 Å². The number of benzene rings is 2. The van der Waals surface area contributed by atoms with Crippen molar-refractivity contribution < 1.29 is 14.3 Å². The van der Waals surface area contributed by atoms with Gasteiger partial charge in [-0.25, -0.2) is 0 Å². The number of unbranched alkanes of at least 4 members (excludes halogenated alkanes) is 2. The second-order valence-electron chi connectivity index (χ2n) is 9.00. The highest BCUT2D eigenvalue weighted by atomic mass is 16.5. The molecule has 0 bridgehead atoms. The molecule has 5 nitrogen and oxygen atoms in total. The molecule has 0 saturated carbocycles. The lowest BCUT2D eigenvalue weighted by Gasteiger charge is -2.34. The Morgan fingerprint density at radius 1 is 1.00 bits per heavy atom. The fourth-order valence-corrected chi connectivity index (χ4v) is 4.95. The van der Waals surface area contributed by atoms with Gasteiger partial charge in [-0.05, 0) is 36.8 Å². The topological polar surface area (TPSA) is 51.5 Å². The van der Waals surface area contributed by atoms with Crippen LogP contribution in [0.25, 0.3) is 10.9 Å². The molecule has 33 heavy (non-hydrogen) atoms. The number of piperidine rings is 1. The molecule has 1 atom stereocenters. The fraction of sp³-hybridized carbons (Fsp3) is 0.429. The standard InChI is InChI=1S/C28H34N2O3/c1-3-4-10-17-30-20-25(24-13-8-9-14-26(24)30)22-15-18-29(19-16-22)28(32)27(33-21(2)31)23-11-6-5-7-12-23/h5-9,11-14,20,22,27H,3-4,10,15-19H2,1-2H3/t27-/m1/s1. The maximum Gasteiger partial charge on any atom is 0.303 e. The Morgan fingerprint density at radius 2 is 1.70 bits per heavy atom. The number of carbonyl (C=O) groups excluding carboxylic acids is 2. The maximum atomic E-state index is 13.3. The Morgan fingerprint density at radius 3 is 2.39 bits per heavy atom. The molecule has 0 aliphatic carbocycles. The van der Waals surface area contributed by atoms with E-state index in [2.05, 4.69) is 42.0 Å². The molecular weight excluding hydrogens is 412 g/mol. The number of aromatic nitrogens is 1. The summed E-state index contributed by atoms with van der Waals surface area (Å²) in [7, 11) is 0. The Labute approximate surface area is 196 Å².